The fourth-order valence-corrected chi connectivity index (χ4v) is 5.33. The predicted octanol–water partition coefficient (Wildman–Crippen LogP) is 5.24. The lowest BCUT2D eigenvalue weighted by atomic mass is 9.69. The van der Waals surface area contributed by atoms with E-state index in [2.05, 4.69) is 46.0 Å². The summed E-state index contributed by atoms with van der Waals surface area (Å²) < 4.78 is 0. The van der Waals surface area contributed by atoms with Gasteiger partial charge in [0.15, 0.2) is 5.82 Å². The van der Waals surface area contributed by atoms with Gasteiger partial charge in [-0.05, 0) is 54.2 Å². The number of aromatic amines is 1. The third kappa shape index (κ3) is 3.13. The summed E-state index contributed by atoms with van der Waals surface area (Å²) in [7, 11) is 0. The summed E-state index contributed by atoms with van der Waals surface area (Å²) in [6.07, 6.45) is 9.09. The molecule has 5 rings (SSSR count). The zero-order chi connectivity index (χ0) is 18.8. The Morgan fingerprint density at radius 3 is 2.76 bits per heavy atom. The summed E-state index contributed by atoms with van der Waals surface area (Å²) in [5.41, 5.74) is 3.05. The van der Waals surface area contributed by atoms with E-state index in [-0.39, 0.29) is 36.1 Å². The number of halogens is 2. The van der Waals surface area contributed by atoms with Crippen LogP contribution in [-0.4, -0.2) is 32.3 Å². The van der Waals surface area contributed by atoms with Crippen molar-refractivity contribution in [3.8, 4) is 5.88 Å². The zero-order valence-electron chi connectivity index (χ0n) is 16.8. The number of allylic oxidation sites excluding steroid dienone is 1. The van der Waals surface area contributed by atoms with E-state index >= 15 is 0 Å². The number of anilines is 1. The smallest absolute Gasteiger partial charge is 0.238 e. The maximum Gasteiger partial charge on any atom is 0.238 e. The monoisotopic (exact) mass is 435 g/mol. The lowest BCUT2D eigenvalue weighted by molar-refractivity contribution is 0.142. The first kappa shape index (κ1) is 21.7. The van der Waals surface area contributed by atoms with Crippen molar-refractivity contribution in [1.82, 2.24) is 15.0 Å². The van der Waals surface area contributed by atoms with E-state index in [0.29, 0.717) is 28.9 Å². The molecule has 6 nitrogen and oxygen atoms in total. The van der Waals surface area contributed by atoms with Crippen LogP contribution in [0, 0.1) is 16.7 Å². The van der Waals surface area contributed by atoms with Crippen molar-refractivity contribution in [2.45, 2.75) is 46.1 Å². The Morgan fingerprint density at radius 2 is 2.07 bits per heavy atom. The van der Waals surface area contributed by atoms with Crippen LogP contribution in [0.1, 0.15) is 51.3 Å². The Hall–Kier alpha value is -2.05. The molecule has 0 aromatic carbocycles. The topological polar surface area (TPSA) is 86.2 Å². The van der Waals surface area contributed by atoms with Crippen molar-refractivity contribution in [2.24, 2.45) is 21.7 Å². The van der Waals surface area contributed by atoms with Crippen LogP contribution in [-0.2, 0) is 0 Å². The molecule has 0 amide bonds. The van der Waals surface area contributed by atoms with Gasteiger partial charge in [0, 0.05) is 29.6 Å². The van der Waals surface area contributed by atoms with Crippen LogP contribution in [0.4, 0.5) is 11.8 Å². The zero-order valence-corrected chi connectivity index (χ0v) is 18.4. The third-order valence-corrected chi connectivity index (χ3v) is 7.54. The molecule has 3 heterocycles. The van der Waals surface area contributed by atoms with Gasteiger partial charge in [0.05, 0.1) is 0 Å². The Morgan fingerprint density at radius 1 is 1.28 bits per heavy atom. The standard InChI is InChI=1S/C21H25N5O.2ClH/c1-20(2)13-6-7-21(20,3)16(10-13)25-19-24-15(18(27)26-19)9-12-11-23-17-14(12)5-4-8-22-17;;/h4-5,8-9,11,13,16,27H,6-7,10H2,1-3H3,(H2,24,25,26);2*1H/t13-,16?,21+;;/m1../s1. The van der Waals surface area contributed by atoms with Crippen LogP contribution in [0.15, 0.2) is 23.3 Å². The molecule has 3 aliphatic rings. The van der Waals surface area contributed by atoms with Gasteiger partial charge in [0.25, 0.3) is 0 Å². The SMILES string of the molecule is CC1(C)[C@@H]2CC[C@@]1(C)C(Nc1nc(O)c(C=C3C=Nc4ncccc43)[nH]1)C2.Cl.Cl. The molecule has 2 fully saturated rings. The minimum absolute atomic E-state index is 0. The highest BCUT2D eigenvalue weighted by Gasteiger charge is 2.61. The number of pyridine rings is 1. The van der Waals surface area contributed by atoms with E-state index in [1.165, 1.54) is 12.8 Å². The van der Waals surface area contributed by atoms with Gasteiger partial charge in [0.1, 0.15) is 5.69 Å². The summed E-state index contributed by atoms with van der Waals surface area (Å²) in [4.78, 5) is 16.1. The van der Waals surface area contributed by atoms with Gasteiger partial charge < -0.3 is 15.4 Å². The average Bonchev–Trinajstić information content (AvgIpc) is 3.30. The van der Waals surface area contributed by atoms with Gasteiger partial charge >= 0.3 is 0 Å². The molecule has 8 heteroatoms. The maximum absolute atomic E-state index is 10.3. The Balaban J connectivity index is 0.00000120. The van der Waals surface area contributed by atoms with Crippen LogP contribution >= 0.6 is 24.8 Å². The average molecular weight is 436 g/mol. The van der Waals surface area contributed by atoms with Gasteiger partial charge in [-0.25, -0.2) is 9.98 Å². The first-order valence-electron chi connectivity index (χ1n) is 9.65. The summed E-state index contributed by atoms with van der Waals surface area (Å²) in [6, 6.07) is 4.24. The predicted molar refractivity (Wildman–Crippen MR) is 122 cm³/mol. The molecule has 1 aliphatic heterocycles. The van der Waals surface area contributed by atoms with Gasteiger partial charge in [-0.15, -0.1) is 24.8 Å². The molecule has 3 N–H and O–H groups in total. The minimum atomic E-state index is 0. The lowest BCUT2D eigenvalue weighted by Crippen LogP contribution is -2.40. The van der Waals surface area contributed by atoms with Crippen LogP contribution in [0.3, 0.4) is 0 Å². The minimum Gasteiger partial charge on any atom is -0.492 e. The molecule has 2 saturated carbocycles. The molecule has 156 valence electrons. The second-order valence-corrected chi connectivity index (χ2v) is 8.86. The fourth-order valence-electron chi connectivity index (χ4n) is 5.33. The molecule has 3 atom stereocenters. The van der Waals surface area contributed by atoms with E-state index in [0.717, 1.165) is 23.5 Å². The second-order valence-electron chi connectivity index (χ2n) is 8.86. The number of nitrogens with zero attached hydrogens (tertiary/aromatic N) is 3. The molecule has 29 heavy (non-hydrogen) atoms. The highest BCUT2D eigenvalue weighted by molar-refractivity contribution is 6.20. The maximum atomic E-state index is 10.3. The lowest BCUT2D eigenvalue weighted by Gasteiger charge is -2.39. The summed E-state index contributed by atoms with van der Waals surface area (Å²) in [6.45, 7) is 7.18. The number of rotatable bonds is 3. The largest absolute Gasteiger partial charge is 0.492 e. The molecule has 0 saturated heterocycles. The molecule has 2 aromatic rings. The number of aromatic nitrogens is 3. The van der Waals surface area contributed by atoms with Gasteiger partial charge in [-0.1, -0.05) is 20.8 Å². The first-order valence-corrected chi connectivity index (χ1v) is 9.65. The number of nitrogens with one attached hydrogen (secondary N) is 2. The molecule has 0 spiro atoms. The number of aromatic hydroxyl groups is 1. The van der Waals surface area contributed by atoms with Gasteiger partial charge in [-0.3, -0.25) is 0 Å². The van der Waals surface area contributed by atoms with Crippen LogP contribution < -0.4 is 5.32 Å². The number of imidazole rings is 1. The Bertz CT molecular complexity index is 983. The van der Waals surface area contributed by atoms with Gasteiger partial charge in [0.2, 0.25) is 11.8 Å². The van der Waals surface area contributed by atoms with E-state index in [4.69, 9.17) is 0 Å². The fraction of sp³-hybridized carbons (Fsp3) is 0.476. The molecular weight excluding hydrogens is 409 g/mol. The molecule has 2 bridgehead atoms. The van der Waals surface area contributed by atoms with E-state index in [1.807, 2.05) is 18.2 Å². The van der Waals surface area contributed by atoms with Crippen molar-refractivity contribution in [3.63, 3.8) is 0 Å². The number of hydrogen-bond donors (Lipinski definition) is 3. The third-order valence-electron chi connectivity index (χ3n) is 7.54. The van der Waals surface area contributed by atoms with Crippen LogP contribution in [0.25, 0.3) is 11.6 Å². The number of H-pyrrole nitrogens is 1. The van der Waals surface area contributed by atoms with E-state index < -0.39 is 0 Å². The van der Waals surface area contributed by atoms with Gasteiger partial charge in [-0.2, -0.15) is 4.98 Å². The highest BCUT2D eigenvalue weighted by atomic mass is 35.5. The van der Waals surface area contributed by atoms with Crippen LogP contribution in [0.5, 0.6) is 5.88 Å². The molecule has 1 unspecified atom stereocenters. The van der Waals surface area contributed by atoms with Crippen LogP contribution in [0.2, 0.25) is 0 Å². The van der Waals surface area contributed by atoms with E-state index in [9.17, 15) is 5.11 Å². The van der Waals surface area contributed by atoms with Crippen molar-refractivity contribution < 1.29 is 5.11 Å². The van der Waals surface area contributed by atoms with Crippen molar-refractivity contribution >= 4 is 54.4 Å². The van der Waals surface area contributed by atoms with Crippen molar-refractivity contribution in [2.75, 3.05) is 5.32 Å². The first-order chi connectivity index (χ1) is 12.9. The number of fused-ring (bicyclic) bond motifs is 3. The molecule has 0 radical (unpaired) electrons. The molecule has 2 aliphatic carbocycles. The summed E-state index contributed by atoms with van der Waals surface area (Å²) in [5, 5.41) is 13.9. The Labute approximate surface area is 183 Å². The number of aliphatic imine (C=N–C) groups is 1. The molecular formula is C21H27Cl2N5O. The highest BCUT2D eigenvalue weighted by Crippen LogP contribution is 2.65. The van der Waals surface area contributed by atoms with E-state index in [1.54, 1.807) is 12.4 Å². The Kier molecular flexibility index (Phi) is 5.47. The summed E-state index contributed by atoms with van der Waals surface area (Å²) in [5.74, 6) is 2.10. The summed E-state index contributed by atoms with van der Waals surface area (Å²) >= 11 is 0. The quantitative estimate of drug-likeness (QED) is 0.615. The van der Waals surface area contributed by atoms with Crippen molar-refractivity contribution in [1.29, 1.82) is 0 Å². The normalized spacial score (nSPS) is 29.4. The van der Waals surface area contributed by atoms with Crippen molar-refractivity contribution in [3.05, 3.63) is 29.6 Å². The second kappa shape index (κ2) is 7.33. The molecule has 2 aromatic heterocycles. The number of hydrogen-bond acceptors (Lipinski definition) is 5.